The fourth-order valence-electron chi connectivity index (χ4n) is 1.52. The molecule has 0 aliphatic heterocycles. The minimum atomic E-state index is -2.73. The van der Waals surface area contributed by atoms with Crippen molar-refractivity contribution in [3.8, 4) is 0 Å². The molecule has 2 nitrogen and oxygen atoms in total. The summed E-state index contributed by atoms with van der Waals surface area (Å²) in [6.45, 7) is 2.54. The second kappa shape index (κ2) is 9.98. The number of carbonyl (C=O) groups is 1. The molecule has 0 unspecified atom stereocenters. The van der Waals surface area contributed by atoms with Crippen molar-refractivity contribution in [1.82, 2.24) is 0 Å². The molecule has 0 saturated heterocycles. The van der Waals surface area contributed by atoms with Gasteiger partial charge < -0.3 is 4.43 Å². The highest BCUT2D eigenvalue weighted by molar-refractivity contribution is 7.42. The molecule has 5 heteroatoms. The second-order valence-electron chi connectivity index (χ2n) is 4.23. The van der Waals surface area contributed by atoms with E-state index in [4.69, 9.17) is 26.6 Å². The molecule has 0 bridgehead atoms. The molecule has 100 valence electrons. The monoisotopic (exact) mass is 296 g/mol. The van der Waals surface area contributed by atoms with Crippen LogP contribution in [0.4, 0.5) is 0 Å². The molecular weight excluding hydrogens is 275 g/mol. The van der Waals surface area contributed by atoms with Crippen LogP contribution in [0.5, 0.6) is 0 Å². The molecule has 0 spiro atoms. The summed E-state index contributed by atoms with van der Waals surface area (Å²) in [5, 5.41) is 0. The van der Waals surface area contributed by atoms with Gasteiger partial charge in [0.25, 0.3) is 5.97 Å². The van der Waals surface area contributed by atoms with E-state index in [1.807, 2.05) is 6.08 Å². The molecule has 0 heterocycles. The van der Waals surface area contributed by atoms with Gasteiger partial charge in [0.15, 0.2) is 0 Å². The van der Waals surface area contributed by atoms with Gasteiger partial charge in [-0.2, -0.15) is 0 Å². The molecule has 0 amide bonds. The highest BCUT2D eigenvalue weighted by Gasteiger charge is 2.27. The Hall–Kier alpha value is 0.00688. The van der Waals surface area contributed by atoms with Crippen LogP contribution in [0, 0.1) is 0 Å². The second-order valence-corrected chi connectivity index (χ2v) is 11.0. The molecule has 0 aromatic carbocycles. The first kappa shape index (κ1) is 17.0. The Labute approximate surface area is 115 Å². The Kier molecular flexibility index (Phi) is 9.98. The van der Waals surface area contributed by atoms with Gasteiger partial charge in [-0.3, -0.25) is 4.79 Å². The molecule has 0 aromatic heterocycles. The molecule has 0 rings (SSSR count). The Morgan fingerprint density at radius 2 is 1.71 bits per heavy atom. The lowest BCUT2D eigenvalue weighted by molar-refractivity contribution is -0.134. The summed E-state index contributed by atoms with van der Waals surface area (Å²) in [5.41, 5.74) is 0. The molecule has 0 fully saturated rings. The van der Waals surface area contributed by atoms with E-state index in [1.54, 1.807) is 6.55 Å². The van der Waals surface area contributed by atoms with E-state index in [0.717, 1.165) is 19.3 Å². The van der Waals surface area contributed by atoms with Crippen molar-refractivity contribution < 1.29 is 9.22 Å². The van der Waals surface area contributed by atoms with E-state index in [1.165, 1.54) is 25.7 Å². The fraction of sp³-hybridized carbons (Fsp3) is 0.750. The first-order valence-corrected chi connectivity index (χ1v) is 10.6. The number of unbranched alkanes of at least 4 members (excludes halogenated alkanes) is 6. The van der Waals surface area contributed by atoms with Gasteiger partial charge in [0.2, 0.25) is 0 Å². The average molecular weight is 297 g/mol. The van der Waals surface area contributed by atoms with Crippen molar-refractivity contribution in [3.63, 3.8) is 0 Å². The van der Waals surface area contributed by atoms with Crippen molar-refractivity contribution in [3.05, 3.63) is 12.7 Å². The normalized spacial score (nSPS) is 11.2. The number of rotatable bonds is 10. The van der Waals surface area contributed by atoms with Crippen LogP contribution in [0.15, 0.2) is 12.7 Å². The highest BCUT2D eigenvalue weighted by Crippen LogP contribution is 2.17. The van der Waals surface area contributed by atoms with Crippen molar-refractivity contribution in [2.24, 2.45) is 0 Å². The maximum Gasteiger partial charge on any atom is 0.448 e. The van der Waals surface area contributed by atoms with Crippen LogP contribution < -0.4 is 0 Å². The number of hydrogen-bond acceptors (Lipinski definition) is 2. The van der Waals surface area contributed by atoms with Gasteiger partial charge >= 0.3 is 6.94 Å². The number of hydrogen-bond donors (Lipinski definition) is 0. The topological polar surface area (TPSA) is 26.3 Å². The predicted molar refractivity (Wildman–Crippen MR) is 76.5 cm³/mol. The zero-order chi connectivity index (χ0) is 13.1. The van der Waals surface area contributed by atoms with Gasteiger partial charge in [-0.1, -0.05) is 31.8 Å². The molecule has 17 heavy (non-hydrogen) atoms. The summed E-state index contributed by atoms with van der Waals surface area (Å²) in [4.78, 5) is 11.3. The van der Waals surface area contributed by atoms with Crippen molar-refractivity contribution in [1.29, 1.82) is 0 Å². The van der Waals surface area contributed by atoms with Crippen LogP contribution in [-0.4, -0.2) is 12.9 Å². The van der Waals surface area contributed by atoms with Gasteiger partial charge in [-0.05, 0) is 25.8 Å². The molecule has 0 aliphatic carbocycles. The number of allylic oxidation sites excluding steroid dienone is 1. The zero-order valence-corrected chi connectivity index (χ0v) is 13.0. The number of carbonyl (C=O) groups excluding carboxylic acids is 1. The fourth-order valence-corrected chi connectivity index (χ4v) is 2.53. The highest BCUT2D eigenvalue weighted by atomic mass is 35.7. The summed E-state index contributed by atoms with van der Waals surface area (Å²) >= 11 is 11.4. The molecule has 0 radical (unpaired) electrons. The number of halogens is 2. The van der Waals surface area contributed by atoms with Crippen LogP contribution in [0.25, 0.3) is 0 Å². The third-order valence-electron chi connectivity index (χ3n) is 2.33. The molecule has 0 aliphatic rings. The lowest BCUT2D eigenvalue weighted by atomic mass is 10.1. The summed E-state index contributed by atoms with van der Waals surface area (Å²) in [6.07, 6.45) is 10.2. The predicted octanol–water partition coefficient (Wildman–Crippen LogP) is 4.88. The minimum absolute atomic E-state index is 0.268. The minimum Gasteiger partial charge on any atom is -0.492 e. The van der Waals surface area contributed by atoms with E-state index < -0.39 is 6.94 Å². The molecular formula is C12H22Cl2O2Si. The molecule has 0 N–H and O–H groups in total. The van der Waals surface area contributed by atoms with Gasteiger partial charge in [0.05, 0.1) is 0 Å². The van der Waals surface area contributed by atoms with Crippen LogP contribution in [0.1, 0.15) is 51.4 Å². The standard InChI is InChI=1S/C12H22Cl2O2Si/c1-3-4-5-6-7-8-9-10-11-12(15)16-17(2,13)14/h3H,1,4-11H2,2H3. The SMILES string of the molecule is C=CCCCCCCCCC(=O)O[Si](C)(Cl)Cl. The maximum absolute atomic E-state index is 11.3. The van der Waals surface area contributed by atoms with Gasteiger partial charge in [0, 0.05) is 6.42 Å². The van der Waals surface area contributed by atoms with Crippen molar-refractivity contribution >= 4 is 35.1 Å². The summed E-state index contributed by atoms with van der Waals surface area (Å²) in [6, 6.07) is 0. The maximum atomic E-state index is 11.3. The molecule has 0 aromatic rings. The van der Waals surface area contributed by atoms with E-state index in [-0.39, 0.29) is 5.97 Å². The first-order chi connectivity index (χ1) is 7.95. The lowest BCUT2D eigenvalue weighted by Crippen LogP contribution is -2.23. The van der Waals surface area contributed by atoms with Gasteiger partial charge in [-0.15, -0.1) is 28.7 Å². The summed E-state index contributed by atoms with van der Waals surface area (Å²) < 4.78 is 4.92. The first-order valence-electron chi connectivity index (χ1n) is 6.16. The van der Waals surface area contributed by atoms with Crippen LogP contribution in [0.2, 0.25) is 6.55 Å². The van der Waals surface area contributed by atoms with E-state index in [0.29, 0.717) is 6.42 Å². The Morgan fingerprint density at radius 3 is 2.24 bits per heavy atom. The van der Waals surface area contributed by atoms with Crippen molar-refractivity contribution in [2.45, 2.75) is 57.9 Å². The van der Waals surface area contributed by atoms with Crippen LogP contribution in [-0.2, 0) is 9.22 Å². The van der Waals surface area contributed by atoms with E-state index >= 15 is 0 Å². The van der Waals surface area contributed by atoms with E-state index in [9.17, 15) is 4.79 Å². The van der Waals surface area contributed by atoms with Gasteiger partial charge in [0.1, 0.15) is 0 Å². The van der Waals surface area contributed by atoms with E-state index in [2.05, 4.69) is 6.58 Å². The molecule has 0 saturated carbocycles. The average Bonchev–Trinajstić information content (AvgIpc) is 2.19. The third kappa shape index (κ3) is 13.9. The summed E-state index contributed by atoms with van der Waals surface area (Å²) in [5.74, 6) is -0.268. The lowest BCUT2D eigenvalue weighted by Gasteiger charge is -2.11. The summed E-state index contributed by atoms with van der Waals surface area (Å²) in [7, 11) is 0. The van der Waals surface area contributed by atoms with Crippen LogP contribution >= 0.6 is 22.2 Å². The third-order valence-corrected chi connectivity index (χ3v) is 3.38. The Bertz CT molecular complexity index is 227. The Balaban J connectivity index is 3.28. The van der Waals surface area contributed by atoms with Crippen LogP contribution in [0.3, 0.4) is 0 Å². The quantitative estimate of drug-likeness (QED) is 0.248. The largest absolute Gasteiger partial charge is 0.492 e. The zero-order valence-electron chi connectivity index (χ0n) is 10.5. The molecule has 0 atom stereocenters. The Morgan fingerprint density at radius 1 is 1.18 bits per heavy atom. The van der Waals surface area contributed by atoms with Crippen molar-refractivity contribution in [2.75, 3.05) is 0 Å². The van der Waals surface area contributed by atoms with Gasteiger partial charge in [-0.25, -0.2) is 0 Å². The smallest absolute Gasteiger partial charge is 0.448 e.